The third-order valence-corrected chi connectivity index (χ3v) is 5.28. The van der Waals surface area contributed by atoms with E-state index in [0.29, 0.717) is 25.9 Å². The lowest BCUT2D eigenvalue weighted by molar-refractivity contribution is 0.103. The van der Waals surface area contributed by atoms with E-state index in [0.717, 1.165) is 11.3 Å². The highest BCUT2D eigenvalue weighted by Crippen LogP contribution is 2.36. The van der Waals surface area contributed by atoms with Crippen LogP contribution in [0.1, 0.15) is 35.0 Å². The Morgan fingerprint density at radius 1 is 1.22 bits per heavy atom. The molecule has 0 saturated carbocycles. The van der Waals surface area contributed by atoms with Gasteiger partial charge < -0.3 is 5.32 Å². The van der Waals surface area contributed by atoms with E-state index in [1.165, 1.54) is 23.5 Å². The third kappa shape index (κ3) is 3.09. The van der Waals surface area contributed by atoms with E-state index in [9.17, 15) is 9.18 Å². The summed E-state index contributed by atoms with van der Waals surface area (Å²) < 4.78 is 14.0. The monoisotopic (exact) mass is 347 g/mol. The van der Waals surface area contributed by atoms with Crippen LogP contribution in [0, 0.1) is 5.82 Å². The van der Waals surface area contributed by atoms with Crippen molar-refractivity contribution in [3.63, 3.8) is 0 Å². The number of carbonyl (C=O) groups is 1. The molecule has 2 aromatic carbocycles. The van der Waals surface area contributed by atoms with E-state index >= 15 is 0 Å². The van der Waals surface area contributed by atoms with E-state index in [2.05, 4.69) is 19.2 Å². The van der Waals surface area contributed by atoms with Crippen molar-refractivity contribution in [2.24, 2.45) is 0 Å². The summed E-state index contributed by atoms with van der Waals surface area (Å²) in [5.74, 6) is -0.323. The lowest BCUT2D eigenvalue weighted by Gasteiger charge is -2.13. The standard InChI is InChI=1S/C18H15ClFNOS/c1-10(2)12-5-3-4-6-14(12)21-18(22)17-16(19)13-8-7-11(20)9-15(13)23-17/h3-10H,1-2H3,(H,21,22). The highest BCUT2D eigenvalue weighted by atomic mass is 35.5. The van der Waals surface area contributed by atoms with Gasteiger partial charge in [0.05, 0.1) is 5.02 Å². The Kier molecular flexibility index (Phi) is 4.37. The molecule has 2 nitrogen and oxygen atoms in total. The minimum Gasteiger partial charge on any atom is -0.321 e. The number of halogens is 2. The molecule has 0 fully saturated rings. The fraction of sp³-hybridized carbons (Fsp3) is 0.167. The molecule has 23 heavy (non-hydrogen) atoms. The Hall–Kier alpha value is -1.91. The van der Waals surface area contributed by atoms with Crippen LogP contribution in [0.25, 0.3) is 10.1 Å². The number of rotatable bonds is 3. The number of para-hydroxylation sites is 1. The van der Waals surface area contributed by atoms with Crippen LogP contribution >= 0.6 is 22.9 Å². The second-order valence-corrected chi connectivity index (χ2v) is 7.01. The van der Waals surface area contributed by atoms with Crippen LogP contribution < -0.4 is 5.32 Å². The molecule has 1 amide bonds. The van der Waals surface area contributed by atoms with Crippen molar-refractivity contribution in [3.05, 3.63) is 63.7 Å². The summed E-state index contributed by atoms with van der Waals surface area (Å²) in [6, 6.07) is 12.0. The van der Waals surface area contributed by atoms with Gasteiger partial charge in [0.1, 0.15) is 10.7 Å². The zero-order valence-corrected chi connectivity index (χ0v) is 14.3. The van der Waals surface area contributed by atoms with Gasteiger partial charge in [0.2, 0.25) is 0 Å². The van der Waals surface area contributed by atoms with Crippen molar-refractivity contribution in [3.8, 4) is 0 Å². The highest BCUT2D eigenvalue weighted by molar-refractivity contribution is 7.21. The fourth-order valence-corrected chi connectivity index (χ4v) is 3.92. The molecule has 5 heteroatoms. The molecule has 0 unspecified atom stereocenters. The predicted octanol–water partition coefficient (Wildman–Crippen LogP) is 6.07. The van der Waals surface area contributed by atoms with Crippen molar-refractivity contribution in [2.45, 2.75) is 19.8 Å². The second-order valence-electron chi connectivity index (χ2n) is 5.58. The molecule has 3 aromatic rings. The van der Waals surface area contributed by atoms with Crippen molar-refractivity contribution >= 4 is 44.6 Å². The molecule has 0 aliphatic heterocycles. The molecule has 0 atom stereocenters. The average Bonchev–Trinajstić information content (AvgIpc) is 2.84. The summed E-state index contributed by atoms with van der Waals surface area (Å²) in [4.78, 5) is 13.0. The third-order valence-electron chi connectivity index (χ3n) is 3.63. The number of hydrogen-bond acceptors (Lipinski definition) is 2. The highest BCUT2D eigenvalue weighted by Gasteiger charge is 2.19. The maximum atomic E-state index is 13.3. The van der Waals surface area contributed by atoms with Crippen LogP contribution in [0.15, 0.2) is 42.5 Å². The van der Waals surface area contributed by atoms with Gasteiger partial charge in [-0.25, -0.2) is 4.39 Å². The quantitative estimate of drug-likeness (QED) is 0.612. The minimum absolute atomic E-state index is 0.273. The molecule has 0 spiro atoms. The van der Waals surface area contributed by atoms with Crippen molar-refractivity contribution in [2.75, 3.05) is 5.32 Å². The topological polar surface area (TPSA) is 29.1 Å². The average molecular weight is 348 g/mol. The maximum Gasteiger partial charge on any atom is 0.267 e. The Morgan fingerprint density at radius 2 is 1.96 bits per heavy atom. The van der Waals surface area contributed by atoms with E-state index in [1.807, 2.05) is 24.3 Å². The maximum absolute atomic E-state index is 13.3. The molecule has 1 aromatic heterocycles. The van der Waals surface area contributed by atoms with Crippen molar-refractivity contribution in [1.29, 1.82) is 0 Å². The predicted molar refractivity (Wildman–Crippen MR) is 95.3 cm³/mol. The fourth-order valence-electron chi connectivity index (χ4n) is 2.48. The SMILES string of the molecule is CC(C)c1ccccc1NC(=O)c1sc2cc(F)ccc2c1Cl. The summed E-state index contributed by atoms with van der Waals surface area (Å²) in [5, 5.41) is 3.98. The van der Waals surface area contributed by atoms with Crippen LogP contribution in [0.4, 0.5) is 10.1 Å². The molecule has 0 bridgehead atoms. The number of carbonyl (C=O) groups excluding carboxylic acids is 1. The Labute approximate surface area is 142 Å². The first-order valence-electron chi connectivity index (χ1n) is 7.25. The molecule has 0 aliphatic rings. The minimum atomic E-state index is -0.340. The largest absolute Gasteiger partial charge is 0.321 e. The smallest absolute Gasteiger partial charge is 0.267 e. The van der Waals surface area contributed by atoms with Crippen molar-refractivity contribution in [1.82, 2.24) is 0 Å². The van der Waals surface area contributed by atoms with Gasteiger partial charge >= 0.3 is 0 Å². The van der Waals surface area contributed by atoms with Gasteiger partial charge in [-0.3, -0.25) is 4.79 Å². The van der Waals surface area contributed by atoms with E-state index in [1.54, 1.807) is 6.07 Å². The summed E-state index contributed by atoms with van der Waals surface area (Å²) in [7, 11) is 0. The van der Waals surface area contributed by atoms with Crippen LogP contribution in [0.5, 0.6) is 0 Å². The van der Waals surface area contributed by atoms with E-state index < -0.39 is 0 Å². The summed E-state index contributed by atoms with van der Waals surface area (Å²) in [5.41, 5.74) is 1.83. The molecule has 3 rings (SSSR count). The van der Waals surface area contributed by atoms with Gasteiger partial charge in [-0.15, -0.1) is 11.3 Å². The van der Waals surface area contributed by atoms with Gasteiger partial charge in [-0.2, -0.15) is 0 Å². The Balaban J connectivity index is 1.97. The lowest BCUT2D eigenvalue weighted by Crippen LogP contribution is -2.12. The molecule has 1 N–H and O–H groups in total. The number of fused-ring (bicyclic) bond motifs is 1. The van der Waals surface area contributed by atoms with Gasteiger partial charge in [0.15, 0.2) is 0 Å². The summed E-state index contributed by atoms with van der Waals surface area (Å²) in [6.07, 6.45) is 0. The zero-order valence-electron chi connectivity index (χ0n) is 12.7. The molecule has 0 radical (unpaired) electrons. The summed E-state index contributed by atoms with van der Waals surface area (Å²) in [6.45, 7) is 4.14. The number of nitrogens with one attached hydrogen (secondary N) is 1. The van der Waals surface area contributed by atoms with Gasteiger partial charge in [-0.1, -0.05) is 43.6 Å². The molecule has 1 heterocycles. The lowest BCUT2D eigenvalue weighted by atomic mass is 10.0. The Bertz CT molecular complexity index is 888. The van der Waals surface area contributed by atoms with Gasteiger partial charge in [0.25, 0.3) is 5.91 Å². The van der Waals surface area contributed by atoms with Crippen LogP contribution in [0.2, 0.25) is 5.02 Å². The number of anilines is 1. The van der Waals surface area contributed by atoms with E-state index in [4.69, 9.17) is 11.6 Å². The first kappa shape index (κ1) is 16.0. The normalized spacial score (nSPS) is 11.2. The molecule has 0 saturated heterocycles. The molecular weight excluding hydrogens is 333 g/mol. The summed E-state index contributed by atoms with van der Waals surface area (Å²) >= 11 is 7.50. The number of thiophene rings is 1. The van der Waals surface area contributed by atoms with Crippen molar-refractivity contribution < 1.29 is 9.18 Å². The van der Waals surface area contributed by atoms with Gasteiger partial charge in [0, 0.05) is 15.8 Å². The van der Waals surface area contributed by atoms with Gasteiger partial charge in [-0.05, 0) is 35.7 Å². The van der Waals surface area contributed by atoms with E-state index in [-0.39, 0.29) is 11.7 Å². The van der Waals surface area contributed by atoms with Crippen LogP contribution in [-0.2, 0) is 0 Å². The molecule has 0 aliphatic carbocycles. The number of benzene rings is 2. The second kappa shape index (κ2) is 6.30. The molecule has 118 valence electrons. The Morgan fingerprint density at radius 3 is 2.70 bits per heavy atom. The van der Waals surface area contributed by atoms with Crippen LogP contribution in [-0.4, -0.2) is 5.91 Å². The molecular formula is C18H15ClFNOS. The number of hydrogen-bond donors (Lipinski definition) is 1. The van der Waals surface area contributed by atoms with Crippen LogP contribution in [0.3, 0.4) is 0 Å². The first-order chi connectivity index (χ1) is 11.0. The zero-order chi connectivity index (χ0) is 16.6. The first-order valence-corrected chi connectivity index (χ1v) is 8.44. The number of amides is 1.